The molecule has 1 amide bonds. The van der Waals surface area contributed by atoms with E-state index in [1.165, 1.54) is 23.1 Å². The fourth-order valence-electron chi connectivity index (χ4n) is 2.34. The fourth-order valence-corrected chi connectivity index (χ4v) is 4.05. The first-order valence-corrected chi connectivity index (χ1v) is 9.53. The van der Waals surface area contributed by atoms with Gasteiger partial charge in [-0.25, -0.2) is 0 Å². The largest absolute Gasteiger partial charge is 0.287 e. The van der Waals surface area contributed by atoms with Crippen molar-refractivity contribution in [3.05, 3.63) is 57.5 Å². The van der Waals surface area contributed by atoms with Crippen molar-refractivity contribution in [2.75, 3.05) is 6.54 Å². The highest BCUT2D eigenvalue weighted by atomic mass is 32.2. The summed E-state index contributed by atoms with van der Waals surface area (Å²) in [6.45, 7) is 6.39. The molecule has 1 aromatic heterocycles. The van der Waals surface area contributed by atoms with Crippen LogP contribution in [-0.2, 0) is 4.79 Å². The summed E-state index contributed by atoms with van der Waals surface area (Å²) in [5, 5.41) is 10.1. The number of aryl methyl sites for hydroxylation is 1. The average molecular weight is 371 g/mol. The van der Waals surface area contributed by atoms with E-state index in [0.717, 1.165) is 16.1 Å². The van der Waals surface area contributed by atoms with Crippen molar-refractivity contribution >= 4 is 45.4 Å². The van der Waals surface area contributed by atoms with Gasteiger partial charge >= 0.3 is 0 Å². The van der Waals surface area contributed by atoms with Gasteiger partial charge in [-0.15, -0.1) is 10.2 Å². The molecule has 1 aromatic carbocycles. The van der Waals surface area contributed by atoms with Crippen LogP contribution in [-0.4, -0.2) is 32.7 Å². The second-order valence-electron chi connectivity index (χ2n) is 5.46. The maximum absolute atomic E-state index is 12.6. The Kier molecular flexibility index (Phi) is 5.45. The first kappa shape index (κ1) is 17.6. The molecule has 128 valence electrons. The highest BCUT2D eigenvalue weighted by molar-refractivity contribution is 8.18. The number of thioether (sulfide) groups is 1. The molecule has 1 aliphatic rings. The van der Waals surface area contributed by atoms with Crippen LogP contribution in [0.4, 0.5) is 5.13 Å². The van der Waals surface area contributed by atoms with Gasteiger partial charge in [0.25, 0.3) is 5.91 Å². The Morgan fingerprint density at radius 3 is 2.68 bits per heavy atom. The molecule has 0 spiro atoms. The number of aliphatic imine (C=N–C) groups is 1. The lowest BCUT2D eigenvalue weighted by Gasteiger charge is -2.11. The molecule has 2 heterocycles. The van der Waals surface area contributed by atoms with Gasteiger partial charge in [0.15, 0.2) is 5.17 Å². The zero-order valence-corrected chi connectivity index (χ0v) is 15.9. The van der Waals surface area contributed by atoms with E-state index in [4.69, 9.17) is 0 Å². The Morgan fingerprint density at radius 1 is 1.28 bits per heavy atom. The molecule has 25 heavy (non-hydrogen) atoms. The third-order valence-corrected chi connectivity index (χ3v) is 5.20. The van der Waals surface area contributed by atoms with E-state index in [0.29, 0.717) is 21.7 Å². The number of allylic oxidation sites excluding steroid dienone is 2. The molecule has 0 bridgehead atoms. The quantitative estimate of drug-likeness (QED) is 0.748. The molecule has 1 aliphatic heterocycles. The zero-order valence-electron chi connectivity index (χ0n) is 14.3. The topological polar surface area (TPSA) is 58.5 Å². The second-order valence-corrected chi connectivity index (χ2v) is 7.63. The van der Waals surface area contributed by atoms with Crippen molar-refractivity contribution in [1.82, 2.24) is 15.1 Å². The van der Waals surface area contributed by atoms with Crippen molar-refractivity contribution in [2.24, 2.45) is 4.99 Å². The molecule has 0 radical (unpaired) electrons. The Morgan fingerprint density at radius 2 is 2.04 bits per heavy atom. The highest BCUT2D eigenvalue weighted by Crippen LogP contribution is 2.34. The monoisotopic (exact) mass is 370 g/mol. The number of nitrogens with zero attached hydrogens (tertiary/aromatic N) is 4. The molecule has 7 heteroatoms. The predicted molar refractivity (Wildman–Crippen MR) is 105 cm³/mol. The van der Waals surface area contributed by atoms with E-state index < -0.39 is 0 Å². The van der Waals surface area contributed by atoms with Gasteiger partial charge in [0.2, 0.25) is 5.13 Å². The molecule has 3 rings (SSSR count). The molecular weight excluding hydrogens is 352 g/mol. The summed E-state index contributed by atoms with van der Waals surface area (Å²) in [5.41, 5.74) is 2.13. The number of hydrogen-bond donors (Lipinski definition) is 0. The molecule has 1 fully saturated rings. The number of benzene rings is 1. The number of amidine groups is 1. The van der Waals surface area contributed by atoms with Crippen molar-refractivity contribution in [1.29, 1.82) is 0 Å². The van der Waals surface area contributed by atoms with E-state index in [-0.39, 0.29) is 5.91 Å². The van der Waals surface area contributed by atoms with Crippen molar-refractivity contribution in [3.63, 3.8) is 0 Å². The second kappa shape index (κ2) is 7.76. The molecule has 5 nitrogen and oxygen atoms in total. The maximum Gasteiger partial charge on any atom is 0.266 e. The Bertz CT molecular complexity index is 868. The SMILES string of the molecule is CCN1C(=O)/C(=C/C(C)=C/c2ccccc2)S/C1=N/c1nnc(C)s1. The van der Waals surface area contributed by atoms with Crippen LogP contribution in [0.15, 0.2) is 51.9 Å². The third-order valence-electron chi connectivity index (χ3n) is 3.46. The highest BCUT2D eigenvalue weighted by Gasteiger charge is 2.32. The number of aromatic nitrogens is 2. The van der Waals surface area contributed by atoms with Crippen molar-refractivity contribution in [2.45, 2.75) is 20.8 Å². The normalized spacial score (nSPS) is 18.6. The lowest BCUT2D eigenvalue weighted by Crippen LogP contribution is -2.28. The third kappa shape index (κ3) is 4.24. The minimum atomic E-state index is -0.0201. The van der Waals surface area contributed by atoms with Crippen LogP contribution < -0.4 is 0 Å². The van der Waals surface area contributed by atoms with E-state index in [2.05, 4.69) is 21.3 Å². The lowest BCUT2D eigenvalue weighted by atomic mass is 10.1. The average Bonchev–Trinajstić information content (AvgIpc) is 3.12. The number of carbonyl (C=O) groups is 1. The van der Waals surface area contributed by atoms with Gasteiger partial charge in [0.05, 0.1) is 4.91 Å². The minimum Gasteiger partial charge on any atom is -0.287 e. The first-order valence-electron chi connectivity index (χ1n) is 7.90. The van der Waals surface area contributed by atoms with Gasteiger partial charge in [0.1, 0.15) is 5.01 Å². The van der Waals surface area contributed by atoms with Crippen LogP contribution in [0, 0.1) is 6.92 Å². The van der Waals surface area contributed by atoms with E-state index >= 15 is 0 Å². The summed E-state index contributed by atoms with van der Waals surface area (Å²) >= 11 is 2.79. The summed E-state index contributed by atoms with van der Waals surface area (Å²) in [4.78, 5) is 19.5. The molecule has 0 atom stereocenters. The standard InChI is InChI=1S/C18H18N4OS2/c1-4-22-16(23)15(11-12(2)10-14-8-6-5-7-9-14)25-18(22)19-17-21-20-13(3)24-17/h5-11H,4H2,1-3H3/b12-10+,15-11-,19-18+. The summed E-state index contributed by atoms with van der Waals surface area (Å²) in [7, 11) is 0. The number of likely N-dealkylation sites (N-methyl/N-ethyl adjacent to an activating group) is 1. The molecule has 1 saturated heterocycles. The maximum atomic E-state index is 12.6. The summed E-state index contributed by atoms with van der Waals surface area (Å²) in [6, 6.07) is 10.0. The Balaban J connectivity index is 1.86. The van der Waals surface area contributed by atoms with Gasteiger partial charge in [-0.3, -0.25) is 9.69 Å². The van der Waals surface area contributed by atoms with Gasteiger partial charge in [-0.2, -0.15) is 4.99 Å². The lowest BCUT2D eigenvalue weighted by molar-refractivity contribution is -0.122. The smallest absolute Gasteiger partial charge is 0.266 e. The first-order chi connectivity index (χ1) is 12.1. The van der Waals surface area contributed by atoms with E-state index in [1.54, 1.807) is 4.90 Å². The van der Waals surface area contributed by atoms with Gasteiger partial charge < -0.3 is 0 Å². The molecule has 0 aliphatic carbocycles. The van der Waals surface area contributed by atoms with Crippen LogP contribution in [0.3, 0.4) is 0 Å². The van der Waals surface area contributed by atoms with Gasteiger partial charge in [-0.1, -0.05) is 47.7 Å². The number of rotatable bonds is 4. The number of hydrogen-bond acceptors (Lipinski definition) is 6. The predicted octanol–water partition coefficient (Wildman–Crippen LogP) is 4.42. The van der Waals surface area contributed by atoms with Gasteiger partial charge in [-0.05, 0) is 49.7 Å². The molecule has 0 unspecified atom stereocenters. The molecular formula is C18H18N4OS2. The van der Waals surface area contributed by atoms with Crippen LogP contribution in [0.5, 0.6) is 0 Å². The molecule has 2 aromatic rings. The molecule has 0 N–H and O–H groups in total. The van der Waals surface area contributed by atoms with Crippen LogP contribution in [0.2, 0.25) is 0 Å². The van der Waals surface area contributed by atoms with E-state index in [9.17, 15) is 4.79 Å². The molecule has 0 saturated carbocycles. The van der Waals surface area contributed by atoms with Crippen LogP contribution in [0.25, 0.3) is 6.08 Å². The summed E-state index contributed by atoms with van der Waals surface area (Å²) in [6.07, 6.45) is 3.97. The number of amides is 1. The zero-order chi connectivity index (χ0) is 17.8. The van der Waals surface area contributed by atoms with Crippen molar-refractivity contribution in [3.8, 4) is 0 Å². The van der Waals surface area contributed by atoms with Crippen LogP contribution >= 0.6 is 23.1 Å². The Hall–Kier alpha value is -2.25. The van der Waals surface area contributed by atoms with Gasteiger partial charge in [0, 0.05) is 6.54 Å². The van der Waals surface area contributed by atoms with Crippen LogP contribution in [0.1, 0.15) is 24.4 Å². The van der Waals surface area contributed by atoms with E-state index in [1.807, 2.05) is 57.2 Å². The Labute approximate surface area is 155 Å². The van der Waals surface area contributed by atoms with Crippen molar-refractivity contribution < 1.29 is 4.79 Å². The fraction of sp³-hybridized carbons (Fsp3) is 0.222. The summed E-state index contributed by atoms with van der Waals surface area (Å²) < 4.78 is 0. The minimum absolute atomic E-state index is 0.0201. The summed E-state index contributed by atoms with van der Waals surface area (Å²) in [5.74, 6) is -0.0201. The number of carbonyl (C=O) groups excluding carboxylic acids is 1.